The fraction of sp³-hybridized carbons (Fsp3) is 0. The predicted molar refractivity (Wildman–Crippen MR) is 230 cm³/mol. The van der Waals surface area contributed by atoms with Crippen LogP contribution in [0.15, 0.2) is 218 Å². The number of hydrogen-bond acceptors (Lipinski definition) is 3. The highest BCUT2D eigenvalue weighted by Crippen LogP contribution is 2.53. The van der Waals surface area contributed by atoms with Crippen molar-refractivity contribution in [2.75, 3.05) is 9.80 Å². The molecule has 3 nitrogen and oxygen atoms in total. The SMILES string of the molecule is c1ccc(N(c2ccccc2)c2ccc(-c3cccc4c3Oc3c(-c5ccc(N(c6ccccc6)c6ccccc6)cc5)ccc5cccc-4c35)cc2)cc1. The van der Waals surface area contributed by atoms with Gasteiger partial charge in [-0.3, -0.25) is 0 Å². The third-order valence-corrected chi connectivity index (χ3v) is 10.4. The molecule has 1 aliphatic heterocycles. The molecule has 0 aromatic heterocycles. The number of para-hydroxylation sites is 5. The Kier molecular flexibility index (Phi) is 8.16. The van der Waals surface area contributed by atoms with Gasteiger partial charge in [0.2, 0.25) is 0 Å². The van der Waals surface area contributed by atoms with Gasteiger partial charge >= 0.3 is 0 Å². The van der Waals surface area contributed by atoms with E-state index in [1.54, 1.807) is 0 Å². The zero-order valence-corrected chi connectivity index (χ0v) is 30.1. The van der Waals surface area contributed by atoms with Gasteiger partial charge in [-0.2, -0.15) is 0 Å². The summed E-state index contributed by atoms with van der Waals surface area (Å²) < 4.78 is 7.13. The zero-order chi connectivity index (χ0) is 36.6. The summed E-state index contributed by atoms with van der Waals surface area (Å²) in [7, 11) is 0. The number of fused-ring (bicyclic) bond motifs is 2. The van der Waals surface area contributed by atoms with Crippen LogP contribution in [0, 0.1) is 0 Å². The molecule has 0 amide bonds. The van der Waals surface area contributed by atoms with Crippen molar-refractivity contribution < 1.29 is 4.74 Å². The van der Waals surface area contributed by atoms with E-state index in [4.69, 9.17) is 4.74 Å². The first-order chi connectivity index (χ1) is 27.3. The summed E-state index contributed by atoms with van der Waals surface area (Å²) in [5, 5.41) is 2.30. The molecule has 9 aromatic carbocycles. The smallest absolute Gasteiger partial charge is 0.143 e. The molecule has 9 aromatic rings. The van der Waals surface area contributed by atoms with E-state index in [-0.39, 0.29) is 0 Å². The topological polar surface area (TPSA) is 15.7 Å². The van der Waals surface area contributed by atoms with E-state index in [1.165, 1.54) is 5.56 Å². The molecule has 0 saturated carbocycles. The normalized spacial score (nSPS) is 11.4. The van der Waals surface area contributed by atoms with Gasteiger partial charge < -0.3 is 14.5 Å². The van der Waals surface area contributed by atoms with Gasteiger partial charge in [0.05, 0.1) is 0 Å². The average molecular weight is 705 g/mol. The minimum atomic E-state index is 0.877. The van der Waals surface area contributed by atoms with Crippen LogP contribution in [-0.2, 0) is 0 Å². The summed E-state index contributed by atoms with van der Waals surface area (Å²) >= 11 is 0. The molecule has 10 rings (SSSR count). The van der Waals surface area contributed by atoms with Crippen molar-refractivity contribution in [2.24, 2.45) is 0 Å². The Morgan fingerprint density at radius 2 is 0.636 bits per heavy atom. The van der Waals surface area contributed by atoms with E-state index in [1.807, 2.05) is 0 Å². The van der Waals surface area contributed by atoms with Crippen molar-refractivity contribution in [1.82, 2.24) is 0 Å². The Bertz CT molecular complexity index is 2670. The lowest BCUT2D eigenvalue weighted by Crippen LogP contribution is -2.09. The first kappa shape index (κ1) is 32.3. The molecule has 0 aliphatic carbocycles. The van der Waals surface area contributed by atoms with Crippen molar-refractivity contribution >= 4 is 44.9 Å². The molecule has 0 N–H and O–H groups in total. The highest BCUT2D eigenvalue weighted by Gasteiger charge is 2.26. The van der Waals surface area contributed by atoms with E-state index in [2.05, 4.69) is 228 Å². The predicted octanol–water partition coefficient (Wildman–Crippen LogP) is 14.9. The van der Waals surface area contributed by atoms with E-state index in [0.717, 1.165) is 84.2 Å². The third-order valence-electron chi connectivity index (χ3n) is 10.4. The molecule has 1 aliphatic rings. The van der Waals surface area contributed by atoms with Crippen LogP contribution in [0.3, 0.4) is 0 Å². The number of rotatable bonds is 8. The van der Waals surface area contributed by atoms with Gasteiger partial charge in [-0.25, -0.2) is 0 Å². The second-order valence-electron chi connectivity index (χ2n) is 13.7. The minimum Gasteiger partial charge on any atom is -0.455 e. The van der Waals surface area contributed by atoms with Gasteiger partial charge in [-0.1, -0.05) is 140 Å². The van der Waals surface area contributed by atoms with E-state index >= 15 is 0 Å². The molecule has 1 heterocycles. The first-order valence-electron chi connectivity index (χ1n) is 18.7. The van der Waals surface area contributed by atoms with E-state index in [0.29, 0.717) is 0 Å². The molecule has 55 heavy (non-hydrogen) atoms. The fourth-order valence-corrected chi connectivity index (χ4v) is 7.87. The monoisotopic (exact) mass is 704 g/mol. The van der Waals surface area contributed by atoms with Crippen LogP contribution in [0.25, 0.3) is 44.2 Å². The number of ether oxygens (including phenoxy) is 1. The molecule has 0 saturated heterocycles. The Hall–Kier alpha value is -7.36. The van der Waals surface area contributed by atoms with E-state index in [9.17, 15) is 0 Å². The molecule has 260 valence electrons. The lowest BCUT2D eigenvalue weighted by Gasteiger charge is -2.27. The molecular weight excluding hydrogens is 669 g/mol. The standard InChI is InChI=1S/C52H36N2O/c1-5-16-40(17-6-1)53(41-18-7-2-8-19-41)44-32-27-37(28-33-44)46-24-14-26-49-48-25-13-15-39-31-36-47(52(50(39)48)55-51(46)49)38-29-34-45(35-30-38)54(42-20-9-3-10-21-42)43-22-11-4-12-23-43/h1-36H. The molecule has 3 heteroatoms. The number of hydrogen-bond donors (Lipinski definition) is 0. The summed E-state index contributed by atoms with van der Waals surface area (Å²) in [5.41, 5.74) is 13.2. The van der Waals surface area contributed by atoms with Crippen LogP contribution in [-0.4, -0.2) is 0 Å². The van der Waals surface area contributed by atoms with Crippen LogP contribution in [0.2, 0.25) is 0 Å². The Morgan fingerprint density at radius 3 is 1.11 bits per heavy atom. The fourth-order valence-electron chi connectivity index (χ4n) is 7.87. The van der Waals surface area contributed by atoms with Gasteiger partial charge in [-0.15, -0.1) is 0 Å². The number of benzene rings is 9. The second-order valence-corrected chi connectivity index (χ2v) is 13.7. The summed E-state index contributed by atoms with van der Waals surface area (Å²) in [6.07, 6.45) is 0. The Labute approximate surface area is 321 Å². The van der Waals surface area contributed by atoms with Gasteiger partial charge in [0.15, 0.2) is 0 Å². The highest BCUT2D eigenvalue weighted by atomic mass is 16.5. The summed E-state index contributed by atoms with van der Waals surface area (Å²) in [6.45, 7) is 0. The first-order valence-corrected chi connectivity index (χ1v) is 18.7. The van der Waals surface area contributed by atoms with Crippen LogP contribution in [0.4, 0.5) is 34.1 Å². The Morgan fingerprint density at radius 1 is 0.255 bits per heavy atom. The molecule has 0 fully saturated rings. The molecule has 0 radical (unpaired) electrons. The van der Waals surface area contributed by atoms with Crippen molar-refractivity contribution in [2.45, 2.75) is 0 Å². The number of anilines is 6. The summed E-state index contributed by atoms with van der Waals surface area (Å²) in [4.78, 5) is 4.57. The molecule has 0 atom stereocenters. The van der Waals surface area contributed by atoms with E-state index < -0.39 is 0 Å². The summed E-state index contributed by atoms with van der Waals surface area (Å²) in [6, 6.07) is 77.2. The van der Waals surface area contributed by atoms with Gasteiger partial charge in [-0.05, 0) is 101 Å². The van der Waals surface area contributed by atoms with Crippen LogP contribution >= 0.6 is 0 Å². The van der Waals surface area contributed by atoms with Crippen LogP contribution in [0.1, 0.15) is 0 Å². The van der Waals surface area contributed by atoms with Crippen molar-refractivity contribution in [3.8, 4) is 44.9 Å². The van der Waals surface area contributed by atoms with Crippen molar-refractivity contribution in [3.63, 3.8) is 0 Å². The molecule has 0 bridgehead atoms. The lowest BCUT2D eigenvalue weighted by molar-refractivity contribution is 0.490. The van der Waals surface area contributed by atoms with Crippen LogP contribution < -0.4 is 14.5 Å². The highest BCUT2D eigenvalue weighted by molar-refractivity contribution is 6.08. The van der Waals surface area contributed by atoms with Gasteiger partial charge in [0.25, 0.3) is 0 Å². The van der Waals surface area contributed by atoms with Crippen molar-refractivity contribution in [3.05, 3.63) is 218 Å². The minimum absolute atomic E-state index is 0.877. The zero-order valence-electron chi connectivity index (χ0n) is 30.1. The maximum atomic E-state index is 7.13. The Balaban J connectivity index is 1.04. The lowest BCUT2D eigenvalue weighted by atomic mass is 9.89. The third kappa shape index (κ3) is 5.89. The summed E-state index contributed by atoms with van der Waals surface area (Å²) in [5.74, 6) is 1.77. The average Bonchev–Trinajstić information content (AvgIpc) is 3.26. The van der Waals surface area contributed by atoms with Gasteiger partial charge in [0.1, 0.15) is 11.5 Å². The second kappa shape index (κ2) is 13.9. The van der Waals surface area contributed by atoms with Crippen LogP contribution in [0.5, 0.6) is 11.5 Å². The quantitative estimate of drug-likeness (QED) is 0.157. The molecular formula is C52H36N2O. The molecule has 0 unspecified atom stereocenters. The van der Waals surface area contributed by atoms with Crippen molar-refractivity contribution in [1.29, 1.82) is 0 Å². The number of nitrogens with zero attached hydrogens (tertiary/aromatic N) is 2. The molecule has 0 spiro atoms. The van der Waals surface area contributed by atoms with Gasteiger partial charge in [0, 0.05) is 56.2 Å². The maximum absolute atomic E-state index is 7.13. The largest absolute Gasteiger partial charge is 0.455 e. The maximum Gasteiger partial charge on any atom is 0.143 e.